The normalized spacial score (nSPS) is 32.8. The summed E-state index contributed by atoms with van der Waals surface area (Å²) in [4.78, 5) is 28.2. The molecule has 20 nitrogen and oxygen atoms in total. The van der Waals surface area contributed by atoms with Gasteiger partial charge >= 0.3 is 0 Å². The van der Waals surface area contributed by atoms with E-state index in [1.165, 1.54) is 34.0 Å². The van der Waals surface area contributed by atoms with Crippen LogP contribution in [0.1, 0.15) is 25.6 Å². The number of hydrogen-bond acceptors (Lipinski definition) is 18. The molecule has 57 heavy (non-hydrogen) atoms. The van der Waals surface area contributed by atoms with Crippen molar-refractivity contribution >= 4 is 22.9 Å². The van der Waals surface area contributed by atoms with Crippen LogP contribution in [-0.2, 0) is 44.4 Å². The summed E-state index contributed by atoms with van der Waals surface area (Å²) in [5, 5.41) is 56.6. The van der Waals surface area contributed by atoms with E-state index in [-0.39, 0.29) is 24.0 Å². The standard InChI is InChI=1S/C37H52N6O14/c1-17(34(49)41-23-21(13-44)56-35(25(23)45)43-16-40-24-32(42(3)4)38-15-39-33(24)43)12-19-8-10-20(11-9-19)55-37-27(47)26(46)30(57-37)22(50-5)14-53-36-28(48)31(52-7)29(51-6)18(2)54-36/h8-11,15-18,21,23,25-29,31,35-37,44-48H,12-14H2,1-7H3,(H,41,49)/b30-22-/t17?,18-,21-,23-,25-,26+,27+,28+,29-,31-,35-,36+,37+/m1/s1. The van der Waals surface area contributed by atoms with Crippen LogP contribution in [0.3, 0.4) is 0 Å². The van der Waals surface area contributed by atoms with Gasteiger partial charge in [-0.15, -0.1) is 0 Å². The van der Waals surface area contributed by atoms with Crippen LogP contribution < -0.4 is 15.0 Å². The average molecular weight is 805 g/mol. The predicted molar refractivity (Wildman–Crippen MR) is 197 cm³/mol. The van der Waals surface area contributed by atoms with Crippen molar-refractivity contribution < 1.29 is 68.2 Å². The molecule has 2 aromatic heterocycles. The second kappa shape index (κ2) is 18.1. The van der Waals surface area contributed by atoms with Crippen molar-refractivity contribution in [2.75, 3.05) is 53.5 Å². The van der Waals surface area contributed by atoms with Crippen molar-refractivity contribution in [2.45, 2.75) is 93.9 Å². The highest BCUT2D eigenvalue weighted by Gasteiger charge is 2.48. The summed E-state index contributed by atoms with van der Waals surface area (Å²) in [5.41, 5.74) is 1.72. The Balaban J connectivity index is 1.03. The van der Waals surface area contributed by atoms with Gasteiger partial charge in [0.05, 0.1) is 32.2 Å². The Morgan fingerprint density at radius 2 is 1.68 bits per heavy atom. The first-order valence-corrected chi connectivity index (χ1v) is 18.5. The zero-order valence-corrected chi connectivity index (χ0v) is 32.7. The van der Waals surface area contributed by atoms with Crippen LogP contribution >= 0.6 is 0 Å². The molecule has 3 fully saturated rings. The Bertz CT molecular complexity index is 1850. The number of benzene rings is 1. The number of nitrogens with zero attached hydrogens (tertiary/aromatic N) is 5. The van der Waals surface area contributed by atoms with Crippen molar-refractivity contribution in [3.8, 4) is 5.75 Å². The summed E-state index contributed by atoms with van der Waals surface area (Å²) in [6.07, 6.45) is -8.23. The maximum absolute atomic E-state index is 13.4. The van der Waals surface area contributed by atoms with Gasteiger partial charge in [-0.1, -0.05) is 19.1 Å². The van der Waals surface area contributed by atoms with E-state index >= 15 is 0 Å². The highest BCUT2D eigenvalue weighted by molar-refractivity contribution is 5.83. The topological polar surface area (TPSA) is 251 Å². The van der Waals surface area contributed by atoms with Gasteiger partial charge in [0.25, 0.3) is 6.29 Å². The molecule has 1 aromatic carbocycles. The van der Waals surface area contributed by atoms with Gasteiger partial charge in [-0.2, -0.15) is 0 Å². The molecule has 3 aromatic rings. The number of aliphatic hydroxyl groups excluding tert-OH is 5. The molecule has 0 spiro atoms. The van der Waals surface area contributed by atoms with Gasteiger partial charge in [0.1, 0.15) is 55.3 Å². The summed E-state index contributed by atoms with van der Waals surface area (Å²) in [5.74, 6) is -0.0759. The third kappa shape index (κ3) is 8.65. The monoisotopic (exact) mass is 804 g/mol. The number of hydrogen-bond donors (Lipinski definition) is 6. The highest BCUT2D eigenvalue weighted by Crippen LogP contribution is 2.34. The molecule has 20 heteroatoms. The van der Waals surface area contributed by atoms with Crippen LogP contribution in [0.5, 0.6) is 5.75 Å². The number of carbonyl (C=O) groups is 1. The Labute approximate surface area is 328 Å². The first-order chi connectivity index (χ1) is 27.3. The molecule has 0 bridgehead atoms. The fraction of sp³-hybridized carbons (Fsp3) is 0.622. The van der Waals surface area contributed by atoms with E-state index in [1.807, 2.05) is 14.1 Å². The molecule has 1 unspecified atom stereocenters. The number of nitrogens with one attached hydrogen (secondary N) is 1. The molecule has 6 N–H and O–H groups in total. The number of fused-ring (bicyclic) bond motifs is 1. The first kappa shape index (κ1) is 42.4. The third-order valence-corrected chi connectivity index (χ3v) is 10.4. The van der Waals surface area contributed by atoms with Crippen LogP contribution in [0, 0.1) is 5.92 Å². The zero-order chi connectivity index (χ0) is 41.1. The Morgan fingerprint density at radius 3 is 2.33 bits per heavy atom. The minimum absolute atomic E-state index is 0.0439. The van der Waals surface area contributed by atoms with Gasteiger partial charge in [-0.05, 0) is 31.0 Å². The van der Waals surface area contributed by atoms with Crippen LogP contribution in [0.25, 0.3) is 11.2 Å². The SMILES string of the molecule is CO/C(CO[C@H]1O[C@H](C)[C@@H](OC)[C@H](OC)[C@@H]1O)=C1\O[C@H](Oc2ccc(CC(C)C(=O)N[C@H]3[C@@H](O)[C@H](n4cnc5c(N(C)C)ncnc54)O[C@@H]3CO)cc2)[C@@H](O)[C@@H]1O. The maximum atomic E-state index is 13.4. The summed E-state index contributed by atoms with van der Waals surface area (Å²) in [6, 6.07) is 5.84. The van der Waals surface area contributed by atoms with Gasteiger partial charge in [0.15, 0.2) is 47.1 Å². The second-order valence-electron chi connectivity index (χ2n) is 14.4. The smallest absolute Gasteiger partial charge is 0.269 e. The van der Waals surface area contributed by atoms with Crippen LogP contribution in [0.2, 0.25) is 0 Å². The number of rotatable bonds is 15. The van der Waals surface area contributed by atoms with Crippen molar-refractivity contribution in [1.29, 1.82) is 0 Å². The van der Waals surface area contributed by atoms with Gasteiger partial charge in [-0.3, -0.25) is 9.36 Å². The van der Waals surface area contributed by atoms with Gasteiger partial charge in [0.2, 0.25) is 5.91 Å². The number of ether oxygens (including phenoxy) is 8. The molecule has 0 radical (unpaired) electrons. The van der Waals surface area contributed by atoms with E-state index in [0.717, 1.165) is 5.56 Å². The number of aliphatic hydroxyl groups is 5. The number of aromatic nitrogens is 4. The van der Waals surface area contributed by atoms with Gasteiger partial charge < -0.3 is 73.6 Å². The quantitative estimate of drug-likeness (QED) is 0.101. The summed E-state index contributed by atoms with van der Waals surface area (Å²) in [6.45, 7) is 2.76. The van der Waals surface area contributed by atoms with E-state index in [4.69, 9.17) is 37.9 Å². The molecule has 5 heterocycles. The number of anilines is 1. The molecular formula is C37H52N6O14. The molecule has 1 amide bonds. The van der Waals surface area contributed by atoms with Crippen molar-refractivity contribution in [1.82, 2.24) is 24.8 Å². The molecule has 13 atom stereocenters. The second-order valence-corrected chi connectivity index (χ2v) is 14.4. The third-order valence-electron chi connectivity index (χ3n) is 10.4. The fourth-order valence-corrected chi connectivity index (χ4v) is 7.26. The van der Waals surface area contributed by atoms with E-state index in [2.05, 4.69) is 20.3 Å². The number of methoxy groups -OCH3 is 3. The van der Waals surface area contributed by atoms with Crippen LogP contribution in [-0.4, -0.2) is 167 Å². The maximum Gasteiger partial charge on any atom is 0.269 e. The Morgan fingerprint density at radius 1 is 0.965 bits per heavy atom. The molecule has 3 aliphatic rings. The lowest BCUT2D eigenvalue weighted by atomic mass is 9.99. The number of amides is 1. The van der Waals surface area contributed by atoms with Crippen molar-refractivity contribution in [2.24, 2.45) is 5.92 Å². The van der Waals surface area contributed by atoms with E-state index in [0.29, 0.717) is 29.2 Å². The van der Waals surface area contributed by atoms with Crippen molar-refractivity contribution in [3.63, 3.8) is 0 Å². The molecule has 3 saturated heterocycles. The average Bonchev–Trinajstić information content (AvgIpc) is 3.85. The molecule has 0 aliphatic carbocycles. The van der Waals surface area contributed by atoms with Gasteiger partial charge in [-0.25, -0.2) is 15.0 Å². The van der Waals surface area contributed by atoms with Crippen LogP contribution in [0.4, 0.5) is 5.82 Å². The fourth-order valence-electron chi connectivity index (χ4n) is 7.26. The van der Waals surface area contributed by atoms with Crippen LogP contribution in [0.15, 0.2) is 48.4 Å². The van der Waals surface area contributed by atoms with E-state index in [1.54, 1.807) is 47.6 Å². The molecular weight excluding hydrogens is 752 g/mol. The molecule has 6 rings (SSSR count). The number of carbonyl (C=O) groups excluding carboxylic acids is 1. The summed E-state index contributed by atoms with van der Waals surface area (Å²) >= 11 is 0. The molecule has 3 aliphatic heterocycles. The lowest BCUT2D eigenvalue weighted by molar-refractivity contribution is -0.299. The van der Waals surface area contributed by atoms with Gasteiger partial charge in [0, 0.05) is 34.2 Å². The van der Waals surface area contributed by atoms with E-state index < -0.39 is 86.2 Å². The highest BCUT2D eigenvalue weighted by atomic mass is 16.7. The first-order valence-electron chi connectivity index (χ1n) is 18.5. The predicted octanol–water partition coefficient (Wildman–Crippen LogP) is -1.03. The lowest BCUT2D eigenvalue weighted by Gasteiger charge is -2.42. The summed E-state index contributed by atoms with van der Waals surface area (Å²) in [7, 11) is 7.92. The minimum atomic E-state index is -1.51. The minimum Gasteiger partial charge on any atom is -0.495 e. The Hall–Kier alpha value is -4.22. The molecule has 0 saturated carbocycles. The van der Waals surface area contributed by atoms with E-state index in [9.17, 15) is 30.3 Å². The molecule has 314 valence electrons. The van der Waals surface area contributed by atoms with Crippen molar-refractivity contribution in [3.05, 3.63) is 54.0 Å². The largest absolute Gasteiger partial charge is 0.495 e. The number of imidazole rings is 1. The zero-order valence-electron chi connectivity index (χ0n) is 32.7. The summed E-state index contributed by atoms with van der Waals surface area (Å²) < 4.78 is 47.0. The Kier molecular flexibility index (Phi) is 13.5. The lowest BCUT2D eigenvalue weighted by Crippen LogP contribution is -2.58.